The van der Waals surface area contributed by atoms with Crippen molar-refractivity contribution in [2.75, 3.05) is 20.7 Å². The number of likely N-dealkylation sites (N-methyl/N-ethyl adjacent to an activating group) is 1. The van der Waals surface area contributed by atoms with Crippen molar-refractivity contribution in [3.63, 3.8) is 0 Å². The molecule has 2 aromatic rings. The predicted molar refractivity (Wildman–Crippen MR) is 104 cm³/mol. The Labute approximate surface area is 164 Å². The fourth-order valence-corrected chi connectivity index (χ4v) is 2.76. The maximum Gasteiger partial charge on any atom is 0.387 e. The molecule has 0 aromatic heterocycles. The van der Waals surface area contributed by atoms with Crippen LogP contribution in [0.25, 0.3) is 0 Å². The van der Waals surface area contributed by atoms with Gasteiger partial charge < -0.3 is 14.8 Å². The number of carbonyl (C=O) groups is 1. The molecule has 5 nitrogen and oxygen atoms in total. The number of hydrogen-bond donors (Lipinski definition) is 1. The van der Waals surface area contributed by atoms with Crippen molar-refractivity contribution in [1.82, 2.24) is 10.2 Å². The van der Waals surface area contributed by atoms with E-state index < -0.39 is 6.61 Å². The van der Waals surface area contributed by atoms with Crippen LogP contribution in [0, 0.1) is 0 Å². The molecule has 7 heteroatoms. The number of halogens is 2. The molecule has 152 valence electrons. The number of rotatable bonds is 10. The maximum absolute atomic E-state index is 12.4. The lowest BCUT2D eigenvalue weighted by atomic mass is 10.1. The maximum atomic E-state index is 12.4. The average Bonchev–Trinajstić information content (AvgIpc) is 2.67. The highest BCUT2D eigenvalue weighted by molar-refractivity contribution is 5.78. The van der Waals surface area contributed by atoms with Crippen LogP contribution in [0.1, 0.15) is 23.6 Å². The average molecular weight is 392 g/mol. The zero-order valence-electron chi connectivity index (χ0n) is 16.4. The normalized spacial score (nSPS) is 11.0. The SMILES string of the molecule is CCc1ccc(CN(C)CC(=O)NCc2ccc(OC(F)F)c(OC)c2)cc1. The molecule has 0 aliphatic carbocycles. The number of methoxy groups -OCH3 is 1. The van der Waals surface area contributed by atoms with Gasteiger partial charge in [-0.15, -0.1) is 0 Å². The van der Waals surface area contributed by atoms with Gasteiger partial charge in [0.2, 0.25) is 5.91 Å². The molecular formula is C21H26F2N2O3. The highest BCUT2D eigenvalue weighted by Gasteiger charge is 2.12. The van der Waals surface area contributed by atoms with Crippen molar-refractivity contribution in [2.45, 2.75) is 33.0 Å². The Morgan fingerprint density at radius 3 is 2.32 bits per heavy atom. The van der Waals surface area contributed by atoms with E-state index in [1.54, 1.807) is 12.1 Å². The molecule has 0 saturated heterocycles. The summed E-state index contributed by atoms with van der Waals surface area (Å²) < 4.78 is 34.2. The van der Waals surface area contributed by atoms with E-state index in [1.807, 2.05) is 11.9 Å². The van der Waals surface area contributed by atoms with E-state index in [9.17, 15) is 13.6 Å². The van der Waals surface area contributed by atoms with Crippen LogP contribution in [0.4, 0.5) is 8.78 Å². The number of amides is 1. The highest BCUT2D eigenvalue weighted by atomic mass is 19.3. The number of benzene rings is 2. The molecule has 0 aliphatic rings. The molecule has 2 rings (SSSR count). The number of aryl methyl sites for hydroxylation is 1. The molecule has 1 N–H and O–H groups in total. The molecule has 0 atom stereocenters. The largest absolute Gasteiger partial charge is 0.493 e. The zero-order chi connectivity index (χ0) is 20.5. The topological polar surface area (TPSA) is 50.8 Å². The fraction of sp³-hybridized carbons (Fsp3) is 0.381. The van der Waals surface area contributed by atoms with Gasteiger partial charge >= 0.3 is 6.61 Å². The van der Waals surface area contributed by atoms with Crippen molar-refractivity contribution in [1.29, 1.82) is 0 Å². The van der Waals surface area contributed by atoms with E-state index in [0.717, 1.165) is 17.5 Å². The molecule has 0 heterocycles. The van der Waals surface area contributed by atoms with Gasteiger partial charge in [-0.2, -0.15) is 8.78 Å². The number of nitrogens with zero attached hydrogens (tertiary/aromatic N) is 1. The second-order valence-electron chi connectivity index (χ2n) is 6.48. The van der Waals surface area contributed by atoms with Gasteiger partial charge in [0.15, 0.2) is 11.5 Å². The van der Waals surface area contributed by atoms with Crippen LogP contribution in [-0.4, -0.2) is 38.1 Å². The summed E-state index contributed by atoms with van der Waals surface area (Å²) in [5.41, 5.74) is 3.15. The van der Waals surface area contributed by atoms with E-state index in [0.29, 0.717) is 6.54 Å². The van der Waals surface area contributed by atoms with Crippen molar-refractivity contribution in [3.8, 4) is 11.5 Å². The standard InChI is InChI=1S/C21H26F2N2O3/c1-4-15-5-7-16(8-6-15)13-25(2)14-20(26)24-12-17-9-10-18(28-21(22)23)19(11-17)27-3/h5-11,21H,4,12-14H2,1-3H3,(H,24,26). The summed E-state index contributed by atoms with van der Waals surface area (Å²) in [4.78, 5) is 14.1. The lowest BCUT2D eigenvalue weighted by molar-refractivity contribution is -0.122. The Bertz CT molecular complexity index is 767. The number of hydrogen-bond acceptors (Lipinski definition) is 4. The van der Waals surface area contributed by atoms with Gasteiger partial charge in [0.05, 0.1) is 13.7 Å². The minimum atomic E-state index is -2.92. The van der Waals surface area contributed by atoms with E-state index in [4.69, 9.17) is 4.74 Å². The number of nitrogens with one attached hydrogen (secondary N) is 1. The van der Waals surface area contributed by atoms with E-state index in [1.165, 1.54) is 18.7 Å². The molecule has 0 fully saturated rings. The third-order valence-corrected chi connectivity index (χ3v) is 4.23. The van der Waals surface area contributed by atoms with Crippen molar-refractivity contribution in [2.24, 2.45) is 0 Å². The predicted octanol–water partition coefficient (Wildman–Crippen LogP) is 3.61. The van der Waals surface area contributed by atoms with Crippen LogP contribution in [0.5, 0.6) is 11.5 Å². The molecule has 0 unspecified atom stereocenters. The summed E-state index contributed by atoms with van der Waals surface area (Å²) in [7, 11) is 3.25. The molecule has 0 saturated carbocycles. The van der Waals surface area contributed by atoms with Crippen LogP contribution < -0.4 is 14.8 Å². The Balaban J connectivity index is 1.84. The summed E-state index contributed by atoms with van der Waals surface area (Å²) in [6.45, 7) is 0.376. The third-order valence-electron chi connectivity index (χ3n) is 4.23. The van der Waals surface area contributed by atoms with Crippen molar-refractivity contribution < 1.29 is 23.0 Å². The van der Waals surface area contributed by atoms with Gasteiger partial charge in [-0.3, -0.25) is 9.69 Å². The van der Waals surface area contributed by atoms with Crippen LogP contribution in [0.2, 0.25) is 0 Å². The quantitative estimate of drug-likeness (QED) is 0.671. The molecular weight excluding hydrogens is 366 g/mol. The summed E-state index contributed by atoms with van der Waals surface area (Å²) in [5, 5.41) is 2.82. The first-order valence-electron chi connectivity index (χ1n) is 9.06. The van der Waals surface area contributed by atoms with Crippen molar-refractivity contribution in [3.05, 3.63) is 59.2 Å². The zero-order valence-corrected chi connectivity index (χ0v) is 16.4. The summed E-state index contributed by atoms with van der Waals surface area (Å²) in [6, 6.07) is 12.9. The minimum Gasteiger partial charge on any atom is -0.493 e. The summed E-state index contributed by atoms with van der Waals surface area (Å²) >= 11 is 0. The van der Waals surface area contributed by atoms with Crippen LogP contribution in [-0.2, 0) is 24.3 Å². The third kappa shape index (κ3) is 6.81. The molecule has 2 aromatic carbocycles. The van der Waals surface area contributed by atoms with E-state index in [-0.39, 0.29) is 30.5 Å². The van der Waals surface area contributed by atoms with Gasteiger partial charge in [-0.1, -0.05) is 37.3 Å². The lowest BCUT2D eigenvalue weighted by Gasteiger charge is -2.17. The molecule has 28 heavy (non-hydrogen) atoms. The first-order valence-corrected chi connectivity index (χ1v) is 9.06. The minimum absolute atomic E-state index is 0.0404. The monoisotopic (exact) mass is 392 g/mol. The van der Waals surface area contributed by atoms with Gasteiger partial charge in [-0.25, -0.2) is 0 Å². The number of ether oxygens (including phenoxy) is 2. The lowest BCUT2D eigenvalue weighted by Crippen LogP contribution is -2.34. The molecule has 0 spiro atoms. The highest BCUT2D eigenvalue weighted by Crippen LogP contribution is 2.29. The first kappa shape index (κ1) is 21.6. The van der Waals surface area contributed by atoms with Crippen LogP contribution >= 0.6 is 0 Å². The van der Waals surface area contributed by atoms with E-state index in [2.05, 4.69) is 41.2 Å². The van der Waals surface area contributed by atoms with Gasteiger partial charge in [-0.05, 0) is 42.3 Å². The van der Waals surface area contributed by atoms with Gasteiger partial charge in [0.25, 0.3) is 0 Å². The molecule has 0 radical (unpaired) electrons. The first-order chi connectivity index (χ1) is 13.4. The molecule has 0 aliphatic heterocycles. The summed E-state index contributed by atoms with van der Waals surface area (Å²) in [6.07, 6.45) is 0.999. The Morgan fingerprint density at radius 1 is 1.07 bits per heavy atom. The number of alkyl halides is 2. The number of carbonyl (C=O) groups excluding carboxylic acids is 1. The summed E-state index contributed by atoms with van der Waals surface area (Å²) in [5.74, 6) is 0.0284. The Hall–Kier alpha value is -2.67. The Morgan fingerprint density at radius 2 is 1.71 bits per heavy atom. The smallest absolute Gasteiger partial charge is 0.387 e. The second-order valence-corrected chi connectivity index (χ2v) is 6.48. The van der Waals surface area contributed by atoms with Crippen molar-refractivity contribution >= 4 is 5.91 Å². The van der Waals surface area contributed by atoms with E-state index >= 15 is 0 Å². The fourth-order valence-electron chi connectivity index (χ4n) is 2.76. The van der Waals surface area contributed by atoms with Gasteiger partial charge in [0.1, 0.15) is 0 Å². The molecule has 1 amide bonds. The molecule has 0 bridgehead atoms. The Kier molecular flexibility index (Phi) is 8.19. The van der Waals surface area contributed by atoms with Crippen LogP contribution in [0.3, 0.4) is 0 Å². The second kappa shape index (κ2) is 10.6. The van der Waals surface area contributed by atoms with Crippen LogP contribution in [0.15, 0.2) is 42.5 Å². The van der Waals surface area contributed by atoms with Gasteiger partial charge in [0, 0.05) is 13.1 Å².